The zero-order valence-electron chi connectivity index (χ0n) is 22.6. The smallest absolute Gasteiger partial charge is 0.241 e. The zero-order valence-corrected chi connectivity index (χ0v) is 23.5. The summed E-state index contributed by atoms with van der Waals surface area (Å²) in [6, 6.07) is 18.3. The zero-order chi connectivity index (χ0) is 27.6. The number of amides is 1. The summed E-state index contributed by atoms with van der Waals surface area (Å²) in [7, 11) is -3.93. The average molecular weight is 550 g/mol. The number of carbonyl (C=O) groups is 1. The van der Waals surface area contributed by atoms with Gasteiger partial charge in [-0.3, -0.25) is 9.69 Å². The van der Waals surface area contributed by atoms with Crippen molar-refractivity contribution in [3.8, 4) is 11.5 Å². The van der Waals surface area contributed by atoms with Crippen LogP contribution in [0.25, 0.3) is 0 Å². The third-order valence-corrected chi connectivity index (χ3v) is 9.05. The van der Waals surface area contributed by atoms with Gasteiger partial charge in [0.25, 0.3) is 0 Å². The summed E-state index contributed by atoms with van der Waals surface area (Å²) in [4.78, 5) is 18.1. The molecule has 0 spiro atoms. The van der Waals surface area contributed by atoms with E-state index in [-0.39, 0.29) is 24.0 Å². The van der Waals surface area contributed by atoms with Crippen LogP contribution < -0.4 is 14.2 Å². The number of benzene rings is 3. The highest BCUT2D eigenvalue weighted by Crippen LogP contribution is 2.33. The van der Waals surface area contributed by atoms with Crippen LogP contribution in [0.5, 0.6) is 11.5 Å². The molecule has 1 amide bonds. The molecule has 0 aliphatic carbocycles. The molecule has 1 fully saturated rings. The quantitative estimate of drug-likeness (QED) is 0.462. The van der Waals surface area contributed by atoms with Crippen molar-refractivity contribution in [2.24, 2.45) is 0 Å². The minimum absolute atomic E-state index is 0.201. The van der Waals surface area contributed by atoms with E-state index in [2.05, 4.69) is 9.62 Å². The van der Waals surface area contributed by atoms with Gasteiger partial charge in [0.2, 0.25) is 22.7 Å². The van der Waals surface area contributed by atoms with Crippen LogP contribution in [0.2, 0.25) is 0 Å². The molecule has 5 rings (SSSR count). The second kappa shape index (κ2) is 11.4. The molecule has 3 aromatic carbocycles. The van der Waals surface area contributed by atoms with Gasteiger partial charge in [0.1, 0.15) is 6.04 Å². The van der Waals surface area contributed by atoms with Gasteiger partial charge in [0.15, 0.2) is 11.5 Å². The topological polar surface area (TPSA) is 88.2 Å². The Morgan fingerprint density at radius 3 is 2.23 bits per heavy atom. The van der Waals surface area contributed by atoms with Gasteiger partial charge >= 0.3 is 0 Å². The Morgan fingerprint density at radius 2 is 1.54 bits per heavy atom. The lowest BCUT2D eigenvalue weighted by Gasteiger charge is -2.36. The molecule has 2 aliphatic heterocycles. The molecular formula is C30H35N3O5S. The van der Waals surface area contributed by atoms with E-state index < -0.39 is 16.1 Å². The molecule has 2 heterocycles. The highest BCUT2D eigenvalue weighted by atomic mass is 32.2. The van der Waals surface area contributed by atoms with E-state index in [1.807, 2.05) is 67.6 Å². The number of piperazine rings is 1. The summed E-state index contributed by atoms with van der Waals surface area (Å²) in [5.41, 5.74) is 4.36. The van der Waals surface area contributed by atoms with E-state index in [0.717, 1.165) is 34.7 Å². The summed E-state index contributed by atoms with van der Waals surface area (Å²) in [6.45, 7) is 8.96. The Balaban J connectivity index is 1.29. The average Bonchev–Trinajstić information content (AvgIpc) is 3.36. The van der Waals surface area contributed by atoms with E-state index in [1.165, 1.54) is 0 Å². The molecule has 1 N–H and O–H groups in total. The van der Waals surface area contributed by atoms with Crippen LogP contribution in [0.15, 0.2) is 65.6 Å². The Bertz CT molecular complexity index is 1430. The SMILES string of the molecule is Cc1cc(C)c(S(=O)(=O)N[C@H](Cc2ccccc2)C(=O)N2CCN(Cc3ccc4c(c3)OCO4)CC2)c(C)c1. The largest absolute Gasteiger partial charge is 0.454 e. The number of hydrogen-bond donors (Lipinski definition) is 1. The standard InChI is InChI=1S/C30H35N3O5S/c1-21-15-22(2)29(23(3)16-21)39(35,36)31-26(17-24-7-5-4-6-8-24)30(34)33-13-11-32(12-14-33)19-25-9-10-27-28(18-25)38-20-37-27/h4-10,15-16,18,26,31H,11-14,17,19-20H2,1-3H3/t26-/m1/s1. The summed E-state index contributed by atoms with van der Waals surface area (Å²) < 4.78 is 40.9. The molecule has 0 bridgehead atoms. The van der Waals surface area contributed by atoms with Gasteiger partial charge in [0.05, 0.1) is 4.90 Å². The van der Waals surface area contributed by atoms with Gasteiger partial charge in [-0.1, -0.05) is 54.1 Å². The monoisotopic (exact) mass is 549 g/mol. The number of ether oxygens (including phenoxy) is 2. The number of nitrogens with one attached hydrogen (secondary N) is 1. The van der Waals surface area contributed by atoms with Crippen LogP contribution in [0.1, 0.15) is 27.8 Å². The maximum absolute atomic E-state index is 13.8. The number of carbonyl (C=O) groups excluding carboxylic acids is 1. The van der Waals surface area contributed by atoms with Crippen molar-refractivity contribution in [3.63, 3.8) is 0 Å². The predicted molar refractivity (Wildman–Crippen MR) is 149 cm³/mol. The van der Waals surface area contributed by atoms with Crippen molar-refractivity contribution in [2.75, 3.05) is 33.0 Å². The molecule has 1 atom stereocenters. The van der Waals surface area contributed by atoms with Crippen LogP contribution in [0.4, 0.5) is 0 Å². The summed E-state index contributed by atoms with van der Waals surface area (Å²) in [5.74, 6) is 1.32. The summed E-state index contributed by atoms with van der Waals surface area (Å²) in [6.07, 6.45) is 0.278. The van der Waals surface area contributed by atoms with Gasteiger partial charge in [-0.2, -0.15) is 4.72 Å². The van der Waals surface area contributed by atoms with Crippen molar-refractivity contribution in [1.29, 1.82) is 0 Å². The van der Waals surface area contributed by atoms with Crippen LogP contribution >= 0.6 is 0 Å². The Kier molecular flexibility index (Phi) is 7.93. The fourth-order valence-electron chi connectivity index (χ4n) is 5.51. The molecule has 39 heavy (non-hydrogen) atoms. The lowest BCUT2D eigenvalue weighted by Crippen LogP contribution is -2.55. The Hall–Kier alpha value is -3.40. The third-order valence-electron chi connectivity index (χ3n) is 7.28. The molecule has 206 valence electrons. The second-order valence-corrected chi connectivity index (χ2v) is 12.0. The van der Waals surface area contributed by atoms with Gasteiger partial charge in [0, 0.05) is 32.7 Å². The van der Waals surface area contributed by atoms with Crippen LogP contribution in [0, 0.1) is 20.8 Å². The third kappa shape index (κ3) is 6.27. The fraction of sp³-hybridized carbons (Fsp3) is 0.367. The molecule has 2 aliphatic rings. The molecule has 8 nitrogen and oxygen atoms in total. The van der Waals surface area contributed by atoms with Crippen LogP contribution in [-0.2, 0) is 27.8 Å². The van der Waals surface area contributed by atoms with Crippen molar-refractivity contribution < 1.29 is 22.7 Å². The van der Waals surface area contributed by atoms with Crippen molar-refractivity contribution in [2.45, 2.75) is 44.7 Å². The number of rotatable bonds is 8. The lowest BCUT2D eigenvalue weighted by molar-refractivity contribution is -0.134. The minimum Gasteiger partial charge on any atom is -0.454 e. The Morgan fingerprint density at radius 1 is 0.872 bits per heavy atom. The number of fused-ring (bicyclic) bond motifs is 1. The maximum Gasteiger partial charge on any atom is 0.241 e. The summed E-state index contributed by atoms with van der Waals surface area (Å²) >= 11 is 0. The highest BCUT2D eigenvalue weighted by Gasteiger charge is 2.32. The lowest BCUT2D eigenvalue weighted by atomic mass is 10.1. The molecular weight excluding hydrogens is 514 g/mol. The van der Waals surface area contributed by atoms with Crippen molar-refractivity contribution >= 4 is 15.9 Å². The number of aryl methyl sites for hydroxylation is 3. The first-order valence-electron chi connectivity index (χ1n) is 13.2. The van der Waals surface area contributed by atoms with E-state index in [4.69, 9.17) is 9.47 Å². The van der Waals surface area contributed by atoms with E-state index >= 15 is 0 Å². The van der Waals surface area contributed by atoms with Gasteiger partial charge < -0.3 is 14.4 Å². The first-order chi connectivity index (χ1) is 18.7. The second-order valence-electron chi connectivity index (χ2n) is 10.4. The molecule has 1 saturated heterocycles. The minimum atomic E-state index is -3.93. The van der Waals surface area contributed by atoms with Crippen LogP contribution in [0.3, 0.4) is 0 Å². The molecule has 0 radical (unpaired) electrons. The Labute approximate surface area is 230 Å². The molecule has 9 heteroatoms. The van der Waals surface area contributed by atoms with Crippen molar-refractivity contribution in [3.05, 3.63) is 88.5 Å². The predicted octanol–water partition coefficient (Wildman–Crippen LogP) is 3.57. The first-order valence-corrected chi connectivity index (χ1v) is 14.7. The van der Waals surface area contributed by atoms with Crippen molar-refractivity contribution in [1.82, 2.24) is 14.5 Å². The molecule has 0 saturated carbocycles. The van der Waals surface area contributed by atoms with Gasteiger partial charge in [-0.25, -0.2) is 8.42 Å². The van der Waals surface area contributed by atoms with Gasteiger partial charge in [-0.05, 0) is 61.6 Å². The number of sulfonamides is 1. The molecule has 3 aromatic rings. The first kappa shape index (κ1) is 27.2. The maximum atomic E-state index is 13.8. The van der Waals surface area contributed by atoms with E-state index in [0.29, 0.717) is 37.3 Å². The normalized spacial score (nSPS) is 16.3. The highest BCUT2D eigenvalue weighted by molar-refractivity contribution is 7.89. The van der Waals surface area contributed by atoms with Crippen LogP contribution in [-0.4, -0.2) is 63.1 Å². The molecule has 0 aromatic heterocycles. The van der Waals surface area contributed by atoms with Gasteiger partial charge in [-0.15, -0.1) is 0 Å². The fourth-order valence-corrected chi connectivity index (χ4v) is 7.15. The number of hydrogen-bond acceptors (Lipinski definition) is 6. The van der Waals surface area contributed by atoms with E-state index in [9.17, 15) is 13.2 Å². The van der Waals surface area contributed by atoms with E-state index in [1.54, 1.807) is 18.7 Å². The number of nitrogens with zero attached hydrogens (tertiary/aromatic N) is 2. The summed E-state index contributed by atoms with van der Waals surface area (Å²) in [5, 5.41) is 0. The molecule has 0 unspecified atom stereocenters.